The summed E-state index contributed by atoms with van der Waals surface area (Å²) in [5.74, 6) is 0. The molecular weight excluding hydrogens is 254 g/mol. The number of benzene rings is 1. The van der Waals surface area contributed by atoms with Crippen LogP contribution in [0.1, 0.15) is 19.4 Å². The molecule has 0 amide bonds. The fourth-order valence-corrected chi connectivity index (χ4v) is 2.14. The number of nitrogens with one attached hydrogen (secondary N) is 1. The van der Waals surface area contributed by atoms with E-state index in [2.05, 4.69) is 10.1 Å². The molecule has 0 saturated carbocycles. The van der Waals surface area contributed by atoms with Crippen molar-refractivity contribution in [3.63, 3.8) is 0 Å². The number of fused-ring (bicyclic) bond motifs is 1. The average Bonchev–Trinajstić information content (AvgIpc) is 2.86. The van der Waals surface area contributed by atoms with E-state index in [1.165, 1.54) is 0 Å². The first kappa shape index (κ1) is 12.6. The normalized spacial score (nSPS) is 11.9. The van der Waals surface area contributed by atoms with E-state index < -0.39 is 5.60 Å². The smallest absolute Gasteiger partial charge is 0.274 e. The van der Waals surface area contributed by atoms with Crippen LogP contribution in [0.25, 0.3) is 16.8 Å². The first-order valence-corrected chi connectivity index (χ1v) is 6.35. The van der Waals surface area contributed by atoms with Crippen molar-refractivity contribution in [2.75, 3.05) is 0 Å². The lowest BCUT2D eigenvalue weighted by molar-refractivity contribution is 0.0786. The monoisotopic (exact) mass is 269 g/mol. The van der Waals surface area contributed by atoms with Gasteiger partial charge in [0.05, 0.1) is 23.7 Å². The molecule has 0 aliphatic heterocycles. The number of aliphatic hydroxyl groups is 1. The van der Waals surface area contributed by atoms with Crippen molar-refractivity contribution in [3.05, 3.63) is 58.6 Å². The minimum absolute atomic E-state index is 0.174. The van der Waals surface area contributed by atoms with Crippen molar-refractivity contribution < 1.29 is 5.11 Å². The maximum atomic E-state index is 11.9. The van der Waals surface area contributed by atoms with Crippen molar-refractivity contribution in [2.45, 2.75) is 19.4 Å². The number of aromatic nitrogens is 3. The van der Waals surface area contributed by atoms with E-state index in [0.29, 0.717) is 11.2 Å². The number of hydrogen-bond acceptors (Lipinski definition) is 3. The highest BCUT2D eigenvalue weighted by atomic mass is 16.3. The summed E-state index contributed by atoms with van der Waals surface area (Å²) in [4.78, 5) is 14.7. The molecule has 0 aliphatic rings. The molecule has 0 radical (unpaired) electrons. The lowest BCUT2D eigenvalue weighted by atomic mass is 9.97. The number of aromatic amines is 1. The summed E-state index contributed by atoms with van der Waals surface area (Å²) in [5, 5.41) is 14.0. The van der Waals surface area contributed by atoms with Crippen LogP contribution in [0.4, 0.5) is 0 Å². The molecule has 3 rings (SSSR count). The van der Waals surface area contributed by atoms with Gasteiger partial charge in [0.2, 0.25) is 0 Å². The van der Waals surface area contributed by atoms with Crippen LogP contribution in [0.5, 0.6) is 0 Å². The van der Waals surface area contributed by atoms with Crippen LogP contribution in [0.3, 0.4) is 0 Å². The predicted molar refractivity (Wildman–Crippen MR) is 76.5 cm³/mol. The zero-order chi connectivity index (χ0) is 14.3. The Balaban J connectivity index is 2.09. The molecule has 5 nitrogen and oxygen atoms in total. The SMILES string of the molecule is CC(C)(O)c1ccc(-c2cn3nccc3c(=O)[nH]2)cc1. The molecule has 102 valence electrons. The molecule has 2 aromatic heterocycles. The van der Waals surface area contributed by atoms with E-state index in [-0.39, 0.29) is 5.56 Å². The van der Waals surface area contributed by atoms with Gasteiger partial charge in [-0.05, 0) is 31.0 Å². The van der Waals surface area contributed by atoms with Gasteiger partial charge in [-0.1, -0.05) is 24.3 Å². The fourth-order valence-electron chi connectivity index (χ4n) is 2.14. The van der Waals surface area contributed by atoms with Gasteiger partial charge in [-0.3, -0.25) is 4.79 Å². The van der Waals surface area contributed by atoms with Crippen LogP contribution in [0.15, 0.2) is 47.5 Å². The summed E-state index contributed by atoms with van der Waals surface area (Å²) < 4.78 is 1.55. The van der Waals surface area contributed by atoms with Gasteiger partial charge in [-0.2, -0.15) is 5.10 Å². The molecule has 0 aliphatic carbocycles. The van der Waals surface area contributed by atoms with E-state index in [0.717, 1.165) is 11.1 Å². The van der Waals surface area contributed by atoms with Gasteiger partial charge in [0.25, 0.3) is 5.56 Å². The molecule has 20 heavy (non-hydrogen) atoms. The molecule has 0 unspecified atom stereocenters. The zero-order valence-electron chi connectivity index (χ0n) is 11.3. The third kappa shape index (κ3) is 2.12. The Kier molecular flexibility index (Phi) is 2.72. The maximum absolute atomic E-state index is 11.9. The van der Waals surface area contributed by atoms with Gasteiger partial charge in [-0.25, -0.2) is 4.52 Å². The van der Waals surface area contributed by atoms with Crippen LogP contribution in [0, 0.1) is 0 Å². The Morgan fingerprint density at radius 2 is 1.90 bits per heavy atom. The lowest BCUT2D eigenvalue weighted by Gasteiger charge is -2.17. The molecule has 0 bridgehead atoms. The predicted octanol–water partition coefficient (Wildman–Crippen LogP) is 1.92. The fraction of sp³-hybridized carbons (Fsp3) is 0.200. The van der Waals surface area contributed by atoms with Gasteiger partial charge in [0.1, 0.15) is 5.52 Å². The van der Waals surface area contributed by atoms with Crippen molar-refractivity contribution >= 4 is 5.52 Å². The maximum Gasteiger partial charge on any atom is 0.274 e. The van der Waals surface area contributed by atoms with Gasteiger partial charge in [-0.15, -0.1) is 0 Å². The van der Waals surface area contributed by atoms with Crippen LogP contribution in [-0.2, 0) is 5.60 Å². The summed E-state index contributed by atoms with van der Waals surface area (Å²) in [6.45, 7) is 3.47. The summed E-state index contributed by atoms with van der Waals surface area (Å²) in [5.41, 5.74) is 1.84. The topological polar surface area (TPSA) is 70.4 Å². The number of nitrogens with zero attached hydrogens (tertiary/aromatic N) is 2. The summed E-state index contributed by atoms with van der Waals surface area (Å²) in [6, 6.07) is 9.10. The Morgan fingerprint density at radius 3 is 2.55 bits per heavy atom. The second-order valence-electron chi connectivity index (χ2n) is 5.29. The van der Waals surface area contributed by atoms with Crippen molar-refractivity contribution in [3.8, 4) is 11.3 Å². The molecule has 0 fully saturated rings. The van der Waals surface area contributed by atoms with Crippen LogP contribution in [0.2, 0.25) is 0 Å². The third-order valence-electron chi connectivity index (χ3n) is 3.30. The van der Waals surface area contributed by atoms with E-state index in [9.17, 15) is 9.90 Å². The first-order chi connectivity index (χ1) is 9.45. The van der Waals surface area contributed by atoms with Crippen molar-refractivity contribution in [2.24, 2.45) is 0 Å². The Bertz CT molecular complexity index is 807. The molecular formula is C15H15N3O2. The summed E-state index contributed by atoms with van der Waals surface area (Å²) >= 11 is 0. The van der Waals surface area contributed by atoms with Gasteiger partial charge in [0, 0.05) is 0 Å². The average molecular weight is 269 g/mol. The quantitative estimate of drug-likeness (QED) is 0.746. The molecule has 2 heterocycles. The number of hydrogen-bond donors (Lipinski definition) is 2. The Hall–Kier alpha value is -2.40. The summed E-state index contributed by atoms with van der Waals surface area (Å²) in [7, 11) is 0. The molecule has 0 atom stereocenters. The van der Waals surface area contributed by atoms with Crippen LogP contribution >= 0.6 is 0 Å². The highest BCUT2D eigenvalue weighted by molar-refractivity contribution is 5.60. The second kappa shape index (κ2) is 4.31. The highest BCUT2D eigenvalue weighted by Crippen LogP contribution is 2.23. The molecule has 0 spiro atoms. The van der Waals surface area contributed by atoms with E-state index in [1.54, 1.807) is 36.8 Å². The van der Waals surface area contributed by atoms with Crippen molar-refractivity contribution in [1.29, 1.82) is 0 Å². The van der Waals surface area contributed by atoms with Crippen LogP contribution in [-0.4, -0.2) is 19.7 Å². The number of rotatable bonds is 2. The highest BCUT2D eigenvalue weighted by Gasteiger charge is 2.15. The van der Waals surface area contributed by atoms with E-state index in [1.807, 2.05) is 24.3 Å². The van der Waals surface area contributed by atoms with Gasteiger partial charge >= 0.3 is 0 Å². The molecule has 1 aromatic carbocycles. The van der Waals surface area contributed by atoms with E-state index in [4.69, 9.17) is 0 Å². The Morgan fingerprint density at radius 1 is 1.20 bits per heavy atom. The number of H-pyrrole nitrogens is 1. The molecule has 2 N–H and O–H groups in total. The standard InChI is InChI=1S/C15H15N3O2/c1-15(2,20)11-5-3-10(4-6-11)12-9-18-13(7-8-16-18)14(19)17-12/h3-9,20H,1-2H3,(H,17,19). The van der Waals surface area contributed by atoms with Crippen LogP contribution < -0.4 is 5.56 Å². The van der Waals surface area contributed by atoms with E-state index >= 15 is 0 Å². The zero-order valence-corrected chi connectivity index (χ0v) is 11.3. The molecule has 5 heteroatoms. The third-order valence-corrected chi connectivity index (χ3v) is 3.30. The molecule has 0 saturated heterocycles. The summed E-state index contributed by atoms with van der Waals surface area (Å²) in [6.07, 6.45) is 3.36. The van der Waals surface area contributed by atoms with Crippen molar-refractivity contribution in [1.82, 2.24) is 14.6 Å². The minimum Gasteiger partial charge on any atom is -0.386 e. The molecule has 3 aromatic rings. The largest absolute Gasteiger partial charge is 0.386 e. The lowest BCUT2D eigenvalue weighted by Crippen LogP contribution is -2.15. The minimum atomic E-state index is -0.877. The van der Waals surface area contributed by atoms with Gasteiger partial charge in [0.15, 0.2) is 0 Å². The first-order valence-electron chi connectivity index (χ1n) is 6.35. The second-order valence-corrected chi connectivity index (χ2v) is 5.29. The van der Waals surface area contributed by atoms with Gasteiger partial charge < -0.3 is 10.1 Å². The Labute approximate surface area is 115 Å².